The lowest BCUT2D eigenvalue weighted by atomic mass is 9.88. The number of nitrogens with zero attached hydrogens (tertiary/aromatic N) is 2. The van der Waals surface area contributed by atoms with Crippen LogP contribution in [0.25, 0.3) is 0 Å². The van der Waals surface area contributed by atoms with Gasteiger partial charge in [-0.25, -0.2) is 0 Å². The molecule has 2 rings (SSSR count). The fourth-order valence-electron chi connectivity index (χ4n) is 3.18. The fraction of sp³-hybridized carbons (Fsp3) is 0.632. The zero-order chi connectivity index (χ0) is 18.3. The molecular weight excluding hydrogens is 316 g/mol. The van der Waals surface area contributed by atoms with Crippen molar-refractivity contribution in [1.29, 1.82) is 0 Å². The SMILES string of the molecule is CN=C(NCc1ccc(C)cc1OC)NCC1(N(C)C)CCOCC1. The van der Waals surface area contributed by atoms with Gasteiger partial charge in [0.2, 0.25) is 0 Å². The molecule has 0 aromatic heterocycles. The van der Waals surface area contributed by atoms with Crippen molar-refractivity contribution in [2.24, 2.45) is 4.99 Å². The first-order chi connectivity index (χ1) is 12.0. The summed E-state index contributed by atoms with van der Waals surface area (Å²) >= 11 is 0. The van der Waals surface area contributed by atoms with Crippen LogP contribution in [-0.4, -0.2) is 64.4 Å². The van der Waals surface area contributed by atoms with E-state index in [0.29, 0.717) is 6.54 Å². The maximum absolute atomic E-state index is 5.53. The molecule has 0 bridgehead atoms. The molecule has 0 spiro atoms. The van der Waals surface area contributed by atoms with Crippen LogP contribution < -0.4 is 15.4 Å². The zero-order valence-electron chi connectivity index (χ0n) is 16.2. The second-order valence-corrected chi connectivity index (χ2v) is 6.83. The van der Waals surface area contributed by atoms with Crippen molar-refractivity contribution in [2.45, 2.75) is 31.8 Å². The number of ether oxygens (including phenoxy) is 2. The van der Waals surface area contributed by atoms with E-state index in [4.69, 9.17) is 9.47 Å². The second kappa shape index (κ2) is 9.06. The highest BCUT2D eigenvalue weighted by molar-refractivity contribution is 5.79. The highest BCUT2D eigenvalue weighted by Gasteiger charge is 2.34. The number of hydrogen-bond acceptors (Lipinski definition) is 4. The summed E-state index contributed by atoms with van der Waals surface area (Å²) in [6.07, 6.45) is 2.05. The van der Waals surface area contributed by atoms with Crippen LogP contribution in [0.15, 0.2) is 23.2 Å². The Morgan fingerprint density at radius 2 is 2.00 bits per heavy atom. The number of rotatable bonds is 6. The van der Waals surface area contributed by atoms with Crippen molar-refractivity contribution in [3.63, 3.8) is 0 Å². The maximum Gasteiger partial charge on any atom is 0.191 e. The predicted molar refractivity (Wildman–Crippen MR) is 102 cm³/mol. The van der Waals surface area contributed by atoms with E-state index in [0.717, 1.165) is 49.9 Å². The Balaban J connectivity index is 1.94. The first-order valence-corrected chi connectivity index (χ1v) is 8.84. The van der Waals surface area contributed by atoms with Gasteiger partial charge in [-0.2, -0.15) is 0 Å². The molecule has 0 unspecified atom stereocenters. The van der Waals surface area contributed by atoms with Crippen molar-refractivity contribution < 1.29 is 9.47 Å². The van der Waals surface area contributed by atoms with Crippen LogP contribution >= 0.6 is 0 Å². The Kier molecular flexibility index (Phi) is 7.08. The topological polar surface area (TPSA) is 58.1 Å². The van der Waals surface area contributed by atoms with E-state index >= 15 is 0 Å². The monoisotopic (exact) mass is 348 g/mol. The quantitative estimate of drug-likeness (QED) is 0.606. The Labute approximate surface area is 151 Å². The molecule has 1 aliphatic rings. The Morgan fingerprint density at radius 1 is 1.28 bits per heavy atom. The van der Waals surface area contributed by atoms with E-state index in [1.807, 2.05) is 0 Å². The largest absolute Gasteiger partial charge is 0.496 e. The summed E-state index contributed by atoms with van der Waals surface area (Å²) in [7, 11) is 7.78. The molecule has 6 nitrogen and oxygen atoms in total. The predicted octanol–water partition coefficient (Wildman–Crippen LogP) is 1.78. The van der Waals surface area contributed by atoms with Crippen LogP contribution in [0.4, 0.5) is 0 Å². The molecule has 1 fully saturated rings. The van der Waals surface area contributed by atoms with E-state index in [9.17, 15) is 0 Å². The van der Waals surface area contributed by atoms with Gasteiger partial charge in [-0.1, -0.05) is 12.1 Å². The maximum atomic E-state index is 5.53. The number of likely N-dealkylation sites (N-methyl/N-ethyl adjacent to an activating group) is 1. The van der Waals surface area contributed by atoms with Crippen LogP contribution in [0.2, 0.25) is 0 Å². The Bertz CT molecular complexity index is 581. The number of nitrogens with one attached hydrogen (secondary N) is 2. The minimum absolute atomic E-state index is 0.109. The van der Waals surface area contributed by atoms with Crippen LogP contribution in [0.5, 0.6) is 5.75 Å². The summed E-state index contributed by atoms with van der Waals surface area (Å²) in [5.41, 5.74) is 2.41. The molecule has 2 N–H and O–H groups in total. The van der Waals surface area contributed by atoms with Gasteiger partial charge in [0.25, 0.3) is 0 Å². The third kappa shape index (κ3) is 5.09. The van der Waals surface area contributed by atoms with Crippen molar-refractivity contribution in [3.05, 3.63) is 29.3 Å². The first kappa shape index (κ1) is 19.5. The lowest BCUT2D eigenvalue weighted by Gasteiger charge is -2.43. The van der Waals surface area contributed by atoms with Crippen LogP contribution in [-0.2, 0) is 11.3 Å². The van der Waals surface area contributed by atoms with Gasteiger partial charge >= 0.3 is 0 Å². The Morgan fingerprint density at radius 3 is 2.60 bits per heavy atom. The molecule has 0 saturated carbocycles. The molecule has 0 radical (unpaired) electrons. The molecule has 1 saturated heterocycles. The van der Waals surface area contributed by atoms with Crippen LogP contribution in [0, 0.1) is 6.92 Å². The summed E-state index contributed by atoms with van der Waals surface area (Å²) in [5, 5.41) is 6.87. The minimum Gasteiger partial charge on any atom is -0.496 e. The van der Waals surface area contributed by atoms with Crippen molar-refractivity contribution in [2.75, 3.05) is 48.0 Å². The van der Waals surface area contributed by atoms with Crippen molar-refractivity contribution >= 4 is 5.96 Å². The fourth-order valence-corrected chi connectivity index (χ4v) is 3.18. The van der Waals surface area contributed by atoms with Gasteiger partial charge in [0.1, 0.15) is 5.75 Å². The molecule has 0 aliphatic carbocycles. The number of guanidine groups is 1. The molecular formula is C19H32N4O2. The molecule has 0 amide bonds. The number of methoxy groups -OCH3 is 1. The minimum atomic E-state index is 0.109. The van der Waals surface area contributed by atoms with Gasteiger partial charge in [0.05, 0.1) is 7.11 Å². The van der Waals surface area contributed by atoms with E-state index in [1.165, 1.54) is 5.56 Å². The summed E-state index contributed by atoms with van der Waals surface area (Å²) in [5.74, 6) is 1.70. The third-order valence-electron chi connectivity index (χ3n) is 5.07. The zero-order valence-corrected chi connectivity index (χ0v) is 16.2. The molecule has 1 aromatic rings. The summed E-state index contributed by atoms with van der Waals surface area (Å²) in [4.78, 5) is 6.66. The third-order valence-corrected chi connectivity index (χ3v) is 5.07. The van der Waals surface area contributed by atoms with E-state index in [2.05, 4.69) is 59.7 Å². The van der Waals surface area contributed by atoms with Crippen molar-refractivity contribution in [1.82, 2.24) is 15.5 Å². The van der Waals surface area contributed by atoms with Gasteiger partial charge in [-0.3, -0.25) is 4.99 Å². The summed E-state index contributed by atoms with van der Waals surface area (Å²) < 4.78 is 11.0. The molecule has 6 heteroatoms. The van der Waals surface area contributed by atoms with Crippen LogP contribution in [0.3, 0.4) is 0 Å². The van der Waals surface area contributed by atoms with Gasteiger partial charge in [0.15, 0.2) is 5.96 Å². The average Bonchev–Trinajstić information content (AvgIpc) is 2.63. The normalized spacial score (nSPS) is 17.4. The van der Waals surface area contributed by atoms with E-state index in [1.54, 1.807) is 14.2 Å². The highest BCUT2D eigenvalue weighted by atomic mass is 16.5. The van der Waals surface area contributed by atoms with Crippen LogP contribution in [0.1, 0.15) is 24.0 Å². The molecule has 1 aromatic carbocycles. The number of aliphatic imine (C=N–C) groups is 1. The lowest BCUT2D eigenvalue weighted by molar-refractivity contribution is -0.00501. The summed E-state index contributed by atoms with van der Waals surface area (Å²) in [6.45, 7) is 5.20. The second-order valence-electron chi connectivity index (χ2n) is 6.83. The molecule has 1 heterocycles. The number of benzene rings is 1. The first-order valence-electron chi connectivity index (χ1n) is 8.84. The number of aryl methyl sites for hydroxylation is 1. The van der Waals surface area contributed by atoms with Gasteiger partial charge < -0.3 is 25.0 Å². The smallest absolute Gasteiger partial charge is 0.191 e. The van der Waals surface area contributed by atoms with Gasteiger partial charge in [-0.05, 0) is 45.5 Å². The van der Waals surface area contributed by atoms with Crippen molar-refractivity contribution in [3.8, 4) is 5.75 Å². The van der Waals surface area contributed by atoms with Gasteiger partial charge in [0, 0.05) is 44.5 Å². The highest BCUT2D eigenvalue weighted by Crippen LogP contribution is 2.25. The molecule has 140 valence electrons. The molecule has 0 atom stereocenters. The average molecular weight is 348 g/mol. The molecule has 25 heavy (non-hydrogen) atoms. The van der Waals surface area contributed by atoms with Gasteiger partial charge in [-0.15, -0.1) is 0 Å². The Hall–Kier alpha value is -1.79. The van der Waals surface area contributed by atoms with E-state index < -0.39 is 0 Å². The van der Waals surface area contributed by atoms with E-state index in [-0.39, 0.29) is 5.54 Å². The lowest BCUT2D eigenvalue weighted by Crippen LogP contribution is -2.57. The summed E-state index contributed by atoms with van der Waals surface area (Å²) in [6, 6.07) is 6.24. The standard InChI is InChI=1S/C19H32N4O2/c1-15-6-7-16(17(12-15)24-5)13-21-18(20-2)22-14-19(23(3)4)8-10-25-11-9-19/h6-7,12H,8-11,13-14H2,1-5H3,(H2,20,21,22). The molecule has 1 aliphatic heterocycles. The number of hydrogen-bond donors (Lipinski definition) is 2.